The second-order valence-corrected chi connectivity index (χ2v) is 6.12. The molecule has 6 nitrogen and oxygen atoms in total. The maximum absolute atomic E-state index is 12.1. The van der Waals surface area contributed by atoms with Gasteiger partial charge in [0.2, 0.25) is 0 Å². The third kappa shape index (κ3) is 4.99. The summed E-state index contributed by atoms with van der Waals surface area (Å²) in [5.41, 5.74) is 0.508. The van der Waals surface area contributed by atoms with Gasteiger partial charge < -0.3 is 15.4 Å². The normalized spacial score (nSPS) is 18.0. The highest BCUT2D eigenvalue weighted by Gasteiger charge is 2.26. The van der Waals surface area contributed by atoms with E-state index in [9.17, 15) is 4.79 Å². The van der Waals surface area contributed by atoms with Crippen molar-refractivity contribution >= 4 is 6.09 Å². The molecule has 2 N–H and O–H groups in total. The minimum absolute atomic E-state index is 0.190. The predicted molar refractivity (Wildman–Crippen MR) is 80.8 cm³/mol. The van der Waals surface area contributed by atoms with Crippen molar-refractivity contribution in [1.82, 2.24) is 20.5 Å². The van der Waals surface area contributed by atoms with Gasteiger partial charge in [0.25, 0.3) is 0 Å². The quantitative estimate of drug-likeness (QED) is 0.884. The van der Waals surface area contributed by atoms with E-state index in [1.165, 1.54) is 0 Å². The molecule has 2 rings (SSSR count). The number of hydrogen-bond acceptors (Lipinski definition) is 5. The molecule has 0 aliphatic carbocycles. The number of amides is 1. The average molecular weight is 292 g/mol. The summed E-state index contributed by atoms with van der Waals surface area (Å²) in [5, 5.41) is 6.28. The van der Waals surface area contributed by atoms with E-state index in [4.69, 9.17) is 4.74 Å². The first-order chi connectivity index (χ1) is 9.96. The lowest BCUT2D eigenvalue weighted by Gasteiger charge is -2.35. The minimum atomic E-state index is -0.504. The Balaban J connectivity index is 2.10. The third-order valence-electron chi connectivity index (χ3n) is 3.19. The van der Waals surface area contributed by atoms with Gasteiger partial charge in [0.15, 0.2) is 0 Å². The van der Waals surface area contributed by atoms with Crippen LogP contribution in [0.4, 0.5) is 4.79 Å². The van der Waals surface area contributed by atoms with Gasteiger partial charge in [-0.1, -0.05) is 0 Å². The van der Waals surface area contributed by atoms with Gasteiger partial charge in [-0.2, -0.15) is 0 Å². The van der Waals surface area contributed by atoms with Crippen molar-refractivity contribution in [3.63, 3.8) is 0 Å². The molecule has 0 aromatic carbocycles. The molecule has 0 bridgehead atoms. The number of aromatic nitrogens is 1. The first kappa shape index (κ1) is 15.7. The number of piperazine rings is 1. The van der Waals surface area contributed by atoms with E-state index in [0.717, 1.165) is 31.7 Å². The van der Waals surface area contributed by atoms with Crippen LogP contribution < -0.4 is 10.6 Å². The first-order valence-electron chi connectivity index (χ1n) is 7.30. The molecule has 1 unspecified atom stereocenters. The predicted octanol–water partition coefficient (Wildman–Crippen LogP) is 1.51. The van der Waals surface area contributed by atoms with Crippen molar-refractivity contribution in [2.75, 3.05) is 26.2 Å². The highest BCUT2D eigenvalue weighted by Crippen LogP contribution is 2.18. The van der Waals surface area contributed by atoms with Crippen LogP contribution in [0.25, 0.3) is 0 Å². The van der Waals surface area contributed by atoms with Crippen LogP contribution in [0.3, 0.4) is 0 Å². The van der Waals surface area contributed by atoms with E-state index in [2.05, 4.69) is 20.5 Å². The highest BCUT2D eigenvalue weighted by atomic mass is 16.6. The molecule has 1 saturated heterocycles. The molecule has 116 valence electrons. The van der Waals surface area contributed by atoms with Gasteiger partial charge >= 0.3 is 6.09 Å². The van der Waals surface area contributed by atoms with Crippen LogP contribution >= 0.6 is 0 Å². The van der Waals surface area contributed by atoms with E-state index in [1.54, 1.807) is 12.4 Å². The van der Waals surface area contributed by atoms with Crippen molar-refractivity contribution in [2.24, 2.45) is 0 Å². The Labute approximate surface area is 125 Å². The summed E-state index contributed by atoms with van der Waals surface area (Å²) in [7, 11) is 0. The summed E-state index contributed by atoms with van der Waals surface area (Å²) in [6.07, 6.45) is 2.88. The number of rotatable bonds is 3. The lowest BCUT2D eigenvalue weighted by molar-refractivity contribution is 0.0400. The monoisotopic (exact) mass is 292 g/mol. The van der Waals surface area contributed by atoms with Crippen LogP contribution in [0.2, 0.25) is 0 Å². The fraction of sp³-hybridized carbons (Fsp3) is 0.600. The van der Waals surface area contributed by atoms with Crippen molar-refractivity contribution < 1.29 is 9.53 Å². The number of nitrogens with zero attached hydrogens (tertiary/aromatic N) is 2. The van der Waals surface area contributed by atoms with Gasteiger partial charge in [-0.05, 0) is 38.5 Å². The first-order valence-corrected chi connectivity index (χ1v) is 7.30. The number of hydrogen-bond donors (Lipinski definition) is 2. The lowest BCUT2D eigenvalue weighted by atomic mass is 10.1. The van der Waals surface area contributed by atoms with E-state index < -0.39 is 11.7 Å². The van der Waals surface area contributed by atoms with Gasteiger partial charge in [0, 0.05) is 38.6 Å². The number of carbonyl (C=O) groups excluding carboxylic acids is 1. The molecule has 0 spiro atoms. The molecule has 1 aromatic rings. The maximum Gasteiger partial charge on any atom is 0.409 e. The number of nitrogens with one attached hydrogen (secondary N) is 2. The van der Waals surface area contributed by atoms with Gasteiger partial charge in [-0.15, -0.1) is 0 Å². The Hall–Kier alpha value is -1.66. The second-order valence-electron chi connectivity index (χ2n) is 6.12. The van der Waals surface area contributed by atoms with E-state index in [0.29, 0.717) is 0 Å². The van der Waals surface area contributed by atoms with Gasteiger partial charge in [0.05, 0.1) is 0 Å². The van der Waals surface area contributed by atoms with Crippen molar-refractivity contribution in [3.05, 3.63) is 30.1 Å². The number of carbonyl (C=O) groups is 1. The molecule has 1 aliphatic heterocycles. The summed E-state index contributed by atoms with van der Waals surface area (Å²) in [6.45, 7) is 9.16. The Morgan fingerprint density at radius 1 is 1.33 bits per heavy atom. The zero-order valence-corrected chi connectivity index (χ0v) is 12.9. The van der Waals surface area contributed by atoms with Crippen LogP contribution in [-0.2, 0) is 4.74 Å². The summed E-state index contributed by atoms with van der Waals surface area (Å²) in [5.74, 6) is 0. The zero-order valence-electron chi connectivity index (χ0n) is 12.9. The molecule has 6 heteroatoms. The molecule has 0 radical (unpaired) electrons. The van der Waals surface area contributed by atoms with Crippen molar-refractivity contribution in [2.45, 2.75) is 32.5 Å². The van der Waals surface area contributed by atoms with Crippen LogP contribution in [0.15, 0.2) is 24.5 Å². The van der Waals surface area contributed by atoms with E-state index in [-0.39, 0.29) is 6.17 Å². The summed E-state index contributed by atoms with van der Waals surface area (Å²) >= 11 is 0. The van der Waals surface area contributed by atoms with Gasteiger partial charge in [-0.25, -0.2) is 4.79 Å². The zero-order chi connectivity index (χ0) is 15.3. The molecule has 1 atom stereocenters. The maximum atomic E-state index is 12.1. The molecule has 1 aliphatic rings. The molecule has 1 fully saturated rings. The Morgan fingerprint density at radius 3 is 2.52 bits per heavy atom. The average Bonchev–Trinajstić information content (AvgIpc) is 2.45. The third-order valence-corrected chi connectivity index (χ3v) is 3.19. The number of alkyl carbamates (subject to hydrolysis) is 1. The van der Waals surface area contributed by atoms with Crippen molar-refractivity contribution in [1.29, 1.82) is 0 Å². The second kappa shape index (κ2) is 6.87. The molecule has 2 heterocycles. The molecular formula is C15H24N4O2. The molecule has 1 amide bonds. The summed E-state index contributed by atoms with van der Waals surface area (Å²) < 4.78 is 5.37. The van der Waals surface area contributed by atoms with Crippen LogP contribution in [0, 0.1) is 0 Å². The molecule has 0 saturated carbocycles. The van der Waals surface area contributed by atoms with E-state index in [1.807, 2.05) is 32.9 Å². The van der Waals surface area contributed by atoms with Crippen LogP contribution in [0.5, 0.6) is 0 Å². The van der Waals surface area contributed by atoms with Crippen molar-refractivity contribution in [3.8, 4) is 0 Å². The smallest absolute Gasteiger partial charge is 0.409 e. The highest BCUT2D eigenvalue weighted by molar-refractivity contribution is 5.68. The van der Waals surface area contributed by atoms with E-state index >= 15 is 0 Å². The molecular weight excluding hydrogens is 268 g/mol. The van der Waals surface area contributed by atoms with Crippen LogP contribution in [0.1, 0.15) is 32.5 Å². The summed E-state index contributed by atoms with van der Waals surface area (Å²) in [4.78, 5) is 18.4. The minimum Gasteiger partial charge on any atom is -0.444 e. The number of ether oxygens (including phenoxy) is 1. The topological polar surface area (TPSA) is 66.5 Å². The lowest BCUT2D eigenvalue weighted by Crippen LogP contribution is -2.50. The Bertz CT molecular complexity index is 452. The Morgan fingerprint density at radius 2 is 1.95 bits per heavy atom. The summed E-state index contributed by atoms with van der Waals surface area (Å²) in [6, 6.07) is 3.84. The van der Waals surface area contributed by atoms with Gasteiger partial charge in [0.1, 0.15) is 11.8 Å². The standard InChI is InChI=1S/C15H24N4O2/c1-15(2,3)21-14(20)18-13(12-4-6-16-7-5-12)19-10-8-17-9-11-19/h4-7,13,17H,8-11H2,1-3H3,(H,18,20). The Kier molecular flexibility index (Phi) is 5.14. The van der Waals surface area contributed by atoms with Gasteiger partial charge in [-0.3, -0.25) is 9.88 Å². The SMILES string of the molecule is CC(C)(C)OC(=O)NC(c1ccncc1)N1CCNCC1. The fourth-order valence-electron chi connectivity index (χ4n) is 2.29. The number of pyridine rings is 1. The largest absolute Gasteiger partial charge is 0.444 e. The van der Waals surface area contributed by atoms with Crippen LogP contribution in [-0.4, -0.2) is 47.8 Å². The fourth-order valence-corrected chi connectivity index (χ4v) is 2.29. The molecule has 1 aromatic heterocycles. The molecule has 21 heavy (non-hydrogen) atoms.